The molecule has 8 nitrogen and oxygen atoms in total. The summed E-state index contributed by atoms with van der Waals surface area (Å²) in [5.74, 6) is 1.37. The molecule has 0 saturated carbocycles. The number of H-pyrrole nitrogens is 1. The van der Waals surface area contributed by atoms with Gasteiger partial charge in [-0.2, -0.15) is 0 Å². The fraction of sp³-hybridized carbons (Fsp3) is 0.478. The second kappa shape index (κ2) is 9.54. The Labute approximate surface area is 195 Å². The molecule has 2 aromatic heterocycles. The lowest BCUT2D eigenvalue weighted by atomic mass is 10.1. The highest BCUT2D eigenvalue weighted by molar-refractivity contribution is 9.10. The van der Waals surface area contributed by atoms with E-state index in [1.807, 2.05) is 39.0 Å². The van der Waals surface area contributed by atoms with E-state index in [9.17, 15) is 4.79 Å². The Morgan fingerprint density at radius 1 is 1.31 bits per heavy atom. The monoisotopic (exact) mass is 501 g/mol. The second-order valence-electron chi connectivity index (χ2n) is 8.93. The molecule has 3 aromatic rings. The summed E-state index contributed by atoms with van der Waals surface area (Å²) in [6.45, 7) is 7.39. The van der Waals surface area contributed by atoms with Gasteiger partial charge in [0, 0.05) is 22.0 Å². The largest absolute Gasteiger partial charge is 0.460 e. The number of aromatic amines is 1. The minimum atomic E-state index is -0.475. The molecular formula is C23H28BrN5O3. The van der Waals surface area contributed by atoms with Crippen LogP contribution in [0.2, 0.25) is 0 Å². The Morgan fingerprint density at radius 2 is 2.16 bits per heavy atom. The van der Waals surface area contributed by atoms with Crippen LogP contribution in [0.5, 0.6) is 0 Å². The van der Waals surface area contributed by atoms with Crippen LogP contribution in [-0.4, -0.2) is 57.5 Å². The van der Waals surface area contributed by atoms with E-state index in [0.717, 1.165) is 46.1 Å². The average Bonchev–Trinajstić information content (AvgIpc) is 3.41. The Kier molecular flexibility index (Phi) is 6.76. The molecule has 32 heavy (non-hydrogen) atoms. The number of benzene rings is 1. The van der Waals surface area contributed by atoms with E-state index in [1.165, 1.54) is 0 Å². The first-order chi connectivity index (χ1) is 15.3. The van der Waals surface area contributed by atoms with Gasteiger partial charge in [-0.25, -0.2) is 4.98 Å². The van der Waals surface area contributed by atoms with Crippen molar-refractivity contribution >= 4 is 38.6 Å². The van der Waals surface area contributed by atoms with Crippen LogP contribution < -0.4 is 4.90 Å². The number of hydrogen-bond donors (Lipinski definition) is 1. The summed E-state index contributed by atoms with van der Waals surface area (Å²) in [5, 5.41) is 9.17. The van der Waals surface area contributed by atoms with Crippen LogP contribution in [0.4, 0.5) is 5.82 Å². The first kappa shape index (κ1) is 22.7. The maximum atomic E-state index is 11.9. The van der Waals surface area contributed by atoms with Crippen molar-refractivity contribution in [2.45, 2.75) is 51.7 Å². The Balaban J connectivity index is 1.49. The third kappa shape index (κ3) is 5.45. The average molecular weight is 502 g/mol. The first-order valence-corrected chi connectivity index (χ1v) is 11.6. The molecule has 1 aliphatic heterocycles. The molecule has 1 aromatic carbocycles. The van der Waals surface area contributed by atoms with Crippen molar-refractivity contribution in [1.29, 1.82) is 0 Å². The quantitative estimate of drug-likeness (QED) is 0.376. The van der Waals surface area contributed by atoms with Crippen molar-refractivity contribution in [3.8, 4) is 11.4 Å². The predicted octanol–water partition coefficient (Wildman–Crippen LogP) is 4.50. The van der Waals surface area contributed by atoms with Gasteiger partial charge >= 0.3 is 5.97 Å². The molecule has 1 N–H and O–H groups in total. The Hall–Kier alpha value is -2.52. The van der Waals surface area contributed by atoms with E-state index < -0.39 is 5.60 Å². The molecule has 1 atom stereocenters. The minimum Gasteiger partial charge on any atom is -0.460 e. The lowest BCUT2D eigenvalue weighted by Crippen LogP contribution is -2.34. The predicted molar refractivity (Wildman–Crippen MR) is 126 cm³/mol. The number of nitrogens with one attached hydrogen (secondary N) is 1. The van der Waals surface area contributed by atoms with E-state index in [1.54, 1.807) is 6.33 Å². The molecule has 170 valence electrons. The summed E-state index contributed by atoms with van der Waals surface area (Å²) in [7, 11) is 0. The van der Waals surface area contributed by atoms with Crippen LogP contribution in [0, 0.1) is 0 Å². The van der Waals surface area contributed by atoms with Gasteiger partial charge in [-0.1, -0.05) is 22.0 Å². The Morgan fingerprint density at radius 3 is 2.91 bits per heavy atom. The number of halogens is 1. The van der Waals surface area contributed by atoms with Crippen LogP contribution in [0.3, 0.4) is 0 Å². The number of fused-ring (bicyclic) bond motifs is 1. The third-order valence-corrected chi connectivity index (χ3v) is 5.78. The molecule has 9 heteroatoms. The molecule has 0 radical (unpaired) electrons. The van der Waals surface area contributed by atoms with E-state index in [-0.39, 0.29) is 18.4 Å². The van der Waals surface area contributed by atoms with Crippen LogP contribution in [0.25, 0.3) is 22.3 Å². The number of pyridine rings is 1. The number of ether oxygens (including phenoxy) is 2. The second-order valence-corrected chi connectivity index (χ2v) is 9.84. The number of hydrogen-bond acceptors (Lipinski definition) is 7. The number of anilines is 1. The maximum absolute atomic E-state index is 11.9. The topological polar surface area (TPSA) is 93.2 Å². The number of nitrogens with zero attached hydrogens (tertiary/aromatic N) is 4. The van der Waals surface area contributed by atoms with Crippen molar-refractivity contribution in [3.05, 3.63) is 35.1 Å². The highest BCUT2D eigenvalue weighted by atomic mass is 79.9. The van der Waals surface area contributed by atoms with Gasteiger partial charge in [-0.05, 0) is 51.8 Å². The molecule has 0 bridgehead atoms. The van der Waals surface area contributed by atoms with Gasteiger partial charge in [-0.15, -0.1) is 10.2 Å². The van der Waals surface area contributed by atoms with Gasteiger partial charge in [0.1, 0.15) is 17.7 Å². The summed E-state index contributed by atoms with van der Waals surface area (Å²) in [5.41, 5.74) is 1.38. The van der Waals surface area contributed by atoms with Gasteiger partial charge in [0.25, 0.3) is 0 Å². The first-order valence-electron chi connectivity index (χ1n) is 10.8. The van der Waals surface area contributed by atoms with Crippen LogP contribution in [0.15, 0.2) is 35.1 Å². The minimum absolute atomic E-state index is 0.202. The third-order valence-electron chi connectivity index (χ3n) is 5.28. The maximum Gasteiger partial charge on any atom is 0.308 e. The molecule has 0 amide bonds. The number of rotatable bonds is 7. The Bertz CT molecular complexity index is 1080. The molecule has 0 aliphatic carbocycles. The normalized spacial score (nSPS) is 16.6. The van der Waals surface area contributed by atoms with Crippen molar-refractivity contribution in [2.75, 3.05) is 24.7 Å². The zero-order valence-corrected chi connectivity index (χ0v) is 20.2. The highest BCUT2D eigenvalue weighted by Gasteiger charge is 2.27. The van der Waals surface area contributed by atoms with Gasteiger partial charge < -0.3 is 19.4 Å². The SMILES string of the molecule is CC(C)(C)OC(=O)CCOC[C@@H]1CCCN1c1cc(-c2nnc[nH]2)c2ccc(Br)cc2n1. The number of esters is 1. The van der Waals surface area contributed by atoms with E-state index in [4.69, 9.17) is 14.5 Å². The molecular weight excluding hydrogens is 474 g/mol. The van der Waals surface area contributed by atoms with Crippen LogP contribution in [0.1, 0.15) is 40.0 Å². The standard InChI is InChI=1S/C23H28BrN5O3/c1-23(2,3)32-21(30)8-10-31-13-16-5-4-9-29(16)20-12-18(22-25-14-26-28-22)17-7-6-15(24)11-19(17)27-20/h6-7,11-12,14,16H,4-5,8-10,13H2,1-3H3,(H,25,26,28)/t16-/m0/s1. The van der Waals surface area contributed by atoms with Crippen molar-refractivity contribution in [3.63, 3.8) is 0 Å². The molecule has 1 aliphatic rings. The number of aromatic nitrogens is 4. The summed E-state index contributed by atoms with van der Waals surface area (Å²) < 4.78 is 12.2. The van der Waals surface area contributed by atoms with Crippen LogP contribution >= 0.6 is 15.9 Å². The molecule has 0 unspecified atom stereocenters. The summed E-state index contributed by atoms with van der Waals surface area (Å²) in [4.78, 5) is 22.2. The van der Waals surface area contributed by atoms with Crippen molar-refractivity contribution in [1.82, 2.24) is 20.2 Å². The van der Waals surface area contributed by atoms with E-state index >= 15 is 0 Å². The fourth-order valence-electron chi connectivity index (χ4n) is 3.95. The summed E-state index contributed by atoms with van der Waals surface area (Å²) in [6.07, 6.45) is 3.91. The van der Waals surface area contributed by atoms with Crippen molar-refractivity contribution < 1.29 is 14.3 Å². The lowest BCUT2D eigenvalue weighted by Gasteiger charge is -2.26. The van der Waals surface area contributed by atoms with Crippen LogP contribution in [-0.2, 0) is 14.3 Å². The number of carbonyl (C=O) groups is 1. The van der Waals surface area contributed by atoms with Gasteiger partial charge in [0.2, 0.25) is 0 Å². The zero-order chi connectivity index (χ0) is 22.7. The molecule has 3 heterocycles. The highest BCUT2D eigenvalue weighted by Crippen LogP contribution is 2.33. The molecule has 0 spiro atoms. The van der Waals surface area contributed by atoms with Gasteiger partial charge in [-0.3, -0.25) is 4.79 Å². The van der Waals surface area contributed by atoms with Gasteiger partial charge in [0.15, 0.2) is 5.82 Å². The van der Waals surface area contributed by atoms with E-state index in [0.29, 0.717) is 19.0 Å². The summed E-state index contributed by atoms with van der Waals surface area (Å²) >= 11 is 3.55. The summed E-state index contributed by atoms with van der Waals surface area (Å²) in [6, 6.07) is 8.32. The number of carbonyl (C=O) groups excluding carboxylic acids is 1. The zero-order valence-electron chi connectivity index (χ0n) is 18.6. The molecule has 1 fully saturated rings. The van der Waals surface area contributed by atoms with Gasteiger partial charge in [0.05, 0.1) is 31.2 Å². The van der Waals surface area contributed by atoms with Crippen molar-refractivity contribution in [2.24, 2.45) is 0 Å². The molecule has 4 rings (SSSR count). The smallest absolute Gasteiger partial charge is 0.308 e. The van der Waals surface area contributed by atoms with E-state index in [2.05, 4.69) is 42.1 Å². The fourth-order valence-corrected chi connectivity index (χ4v) is 4.29. The molecule has 1 saturated heterocycles. The lowest BCUT2D eigenvalue weighted by molar-refractivity contribution is -0.156.